The van der Waals surface area contributed by atoms with Crippen LogP contribution in [0.3, 0.4) is 0 Å². The van der Waals surface area contributed by atoms with Crippen molar-refractivity contribution in [2.24, 2.45) is 5.73 Å². The first kappa shape index (κ1) is 21.5. The number of nitrogens with one attached hydrogen (secondary N) is 1. The Hall–Kier alpha value is -1.59. The molecule has 1 aliphatic heterocycles. The Balaban J connectivity index is 0.00000312. The first-order chi connectivity index (χ1) is 11.6. The minimum Gasteiger partial charge on any atom is -0.339 e. The number of benzene rings is 1. The largest absolute Gasteiger partial charge is 0.339 e. The van der Waals surface area contributed by atoms with Gasteiger partial charge in [-0.05, 0) is 56.8 Å². The lowest BCUT2D eigenvalue weighted by Gasteiger charge is -2.18. The smallest absolute Gasteiger partial charge is 0.254 e. The van der Waals surface area contributed by atoms with E-state index in [1.807, 2.05) is 30.0 Å². The van der Waals surface area contributed by atoms with E-state index in [-0.39, 0.29) is 24.2 Å². The molecule has 1 heterocycles. The van der Waals surface area contributed by atoms with E-state index in [9.17, 15) is 9.59 Å². The predicted molar refractivity (Wildman–Crippen MR) is 104 cm³/mol. The van der Waals surface area contributed by atoms with Crippen molar-refractivity contribution < 1.29 is 9.59 Å². The summed E-state index contributed by atoms with van der Waals surface area (Å²) in [5, 5.41) is 2.95. The second-order valence-electron chi connectivity index (χ2n) is 6.48. The third-order valence-electron chi connectivity index (χ3n) is 4.59. The molecule has 0 bridgehead atoms. The highest BCUT2D eigenvalue weighted by atomic mass is 35.5. The van der Waals surface area contributed by atoms with Gasteiger partial charge in [0.25, 0.3) is 5.91 Å². The second kappa shape index (κ2) is 11.1. The highest BCUT2D eigenvalue weighted by Crippen LogP contribution is 2.22. The molecule has 140 valence electrons. The van der Waals surface area contributed by atoms with Crippen molar-refractivity contribution in [3.8, 4) is 0 Å². The van der Waals surface area contributed by atoms with Crippen LogP contribution in [0.25, 0.3) is 0 Å². The Morgan fingerprint density at radius 3 is 2.48 bits per heavy atom. The number of nitrogens with zero attached hydrogens (tertiary/aromatic N) is 1. The average molecular weight is 368 g/mol. The highest BCUT2D eigenvalue weighted by molar-refractivity contribution is 5.99. The molecule has 0 unspecified atom stereocenters. The van der Waals surface area contributed by atoms with Crippen molar-refractivity contribution in [1.29, 1.82) is 0 Å². The molecule has 5 nitrogen and oxygen atoms in total. The summed E-state index contributed by atoms with van der Waals surface area (Å²) >= 11 is 0. The Labute approximate surface area is 156 Å². The van der Waals surface area contributed by atoms with Gasteiger partial charge in [0.15, 0.2) is 0 Å². The van der Waals surface area contributed by atoms with Gasteiger partial charge in [-0.2, -0.15) is 0 Å². The standard InChI is InChI=1S/C19H29N3O2.ClH/c1-15-16(19(24)22-13-6-7-14-22)9-8-10-17(15)21-18(23)11-4-2-3-5-12-20;/h8-10H,2-7,11-14,20H2,1H3,(H,21,23);1H. The molecule has 0 atom stereocenters. The summed E-state index contributed by atoms with van der Waals surface area (Å²) in [5.41, 5.74) is 7.75. The second-order valence-corrected chi connectivity index (χ2v) is 6.48. The number of likely N-dealkylation sites (tertiary alicyclic amines) is 1. The first-order valence-corrected chi connectivity index (χ1v) is 9.02. The maximum atomic E-state index is 12.6. The van der Waals surface area contributed by atoms with Gasteiger partial charge in [-0.3, -0.25) is 9.59 Å². The topological polar surface area (TPSA) is 75.4 Å². The van der Waals surface area contributed by atoms with Crippen molar-refractivity contribution in [3.63, 3.8) is 0 Å². The number of hydrogen-bond acceptors (Lipinski definition) is 3. The predicted octanol–water partition coefficient (Wildman–Crippen LogP) is 3.50. The molecule has 1 saturated heterocycles. The zero-order chi connectivity index (χ0) is 17.4. The Kier molecular flexibility index (Phi) is 9.53. The minimum atomic E-state index is 0. The molecule has 0 saturated carbocycles. The van der Waals surface area contributed by atoms with E-state index in [1.165, 1.54) is 0 Å². The van der Waals surface area contributed by atoms with Crippen LogP contribution in [0, 0.1) is 6.92 Å². The van der Waals surface area contributed by atoms with Gasteiger partial charge >= 0.3 is 0 Å². The monoisotopic (exact) mass is 367 g/mol. The zero-order valence-electron chi connectivity index (χ0n) is 15.1. The lowest BCUT2D eigenvalue weighted by molar-refractivity contribution is -0.116. The van der Waals surface area contributed by atoms with Gasteiger partial charge in [0.2, 0.25) is 5.91 Å². The maximum Gasteiger partial charge on any atom is 0.254 e. The van der Waals surface area contributed by atoms with E-state index in [0.29, 0.717) is 18.5 Å². The number of amides is 2. The SMILES string of the molecule is Cc1c(NC(=O)CCCCCCN)cccc1C(=O)N1CCCC1.Cl. The molecule has 1 aromatic carbocycles. The summed E-state index contributed by atoms with van der Waals surface area (Å²) in [6.45, 7) is 4.28. The number of unbranched alkanes of at least 4 members (excludes halogenated alkanes) is 3. The van der Waals surface area contributed by atoms with Crippen LogP contribution in [0.1, 0.15) is 60.9 Å². The molecule has 0 spiro atoms. The normalized spacial score (nSPS) is 13.4. The van der Waals surface area contributed by atoms with Crippen LogP contribution in [-0.4, -0.2) is 36.3 Å². The molecular formula is C19H30ClN3O2. The van der Waals surface area contributed by atoms with E-state index < -0.39 is 0 Å². The quantitative estimate of drug-likeness (QED) is 0.690. The van der Waals surface area contributed by atoms with Crippen LogP contribution >= 0.6 is 12.4 Å². The Bertz CT molecular complexity index is 572. The summed E-state index contributed by atoms with van der Waals surface area (Å²) in [7, 11) is 0. The molecule has 0 aliphatic carbocycles. The summed E-state index contributed by atoms with van der Waals surface area (Å²) < 4.78 is 0. The fraction of sp³-hybridized carbons (Fsp3) is 0.579. The van der Waals surface area contributed by atoms with E-state index in [4.69, 9.17) is 5.73 Å². The number of carbonyl (C=O) groups excluding carboxylic acids is 2. The van der Waals surface area contributed by atoms with Crippen LogP contribution in [0.4, 0.5) is 5.69 Å². The van der Waals surface area contributed by atoms with E-state index >= 15 is 0 Å². The number of hydrogen-bond donors (Lipinski definition) is 2. The molecule has 0 radical (unpaired) electrons. The third-order valence-corrected chi connectivity index (χ3v) is 4.59. The van der Waals surface area contributed by atoms with Crippen molar-refractivity contribution in [2.75, 3.05) is 25.0 Å². The van der Waals surface area contributed by atoms with Crippen LogP contribution in [0.2, 0.25) is 0 Å². The number of rotatable bonds is 8. The zero-order valence-corrected chi connectivity index (χ0v) is 15.9. The molecule has 25 heavy (non-hydrogen) atoms. The van der Waals surface area contributed by atoms with Gasteiger partial charge in [0, 0.05) is 30.8 Å². The molecule has 3 N–H and O–H groups in total. The number of carbonyl (C=O) groups is 2. The van der Waals surface area contributed by atoms with Crippen molar-refractivity contribution in [3.05, 3.63) is 29.3 Å². The van der Waals surface area contributed by atoms with E-state index in [0.717, 1.165) is 62.9 Å². The summed E-state index contributed by atoms with van der Waals surface area (Å²) in [6, 6.07) is 5.55. The minimum absolute atomic E-state index is 0. The fourth-order valence-electron chi connectivity index (χ4n) is 3.09. The fourth-order valence-corrected chi connectivity index (χ4v) is 3.09. The molecular weight excluding hydrogens is 338 g/mol. The summed E-state index contributed by atoms with van der Waals surface area (Å²) in [6.07, 6.45) is 6.64. The van der Waals surface area contributed by atoms with Crippen molar-refractivity contribution in [1.82, 2.24) is 4.90 Å². The summed E-state index contributed by atoms with van der Waals surface area (Å²) in [4.78, 5) is 26.6. The molecule has 0 aromatic heterocycles. The summed E-state index contributed by atoms with van der Waals surface area (Å²) in [5.74, 6) is 0.0829. The highest BCUT2D eigenvalue weighted by Gasteiger charge is 2.21. The molecule has 6 heteroatoms. The van der Waals surface area contributed by atoms with Gasteiger partial charge in [0.1, 0.15) is 0 Å². The maximum absolute atomic E-state index is 12.6. The number of anilines is 1. The molecule has 1 aliphatic rings. The molecule has 1 aromatic rings. The lowest BCUT2D eigenvalue weighted by Crippen LogP contribution is -2.28. The van der Waals surface area contributed by atoms with Crippen LogP contribution in [-0.2, 0) is 4.79 Å². The molecule has 1 fully saturated rings. The number of halogens is 1. The third kappa shape index (κ3) is 6.33. The lowest BCUT2D eigenvalue weighted by atomic mass is 10.0. The number of nitrogens with two attached hydrogens (primary N) is 1. The average Bonchev–Trinajstić information content (AvgIpc) is 3.10. The van der Waals surface area contributed by atoms with Gasteiger partial charge in [-0.1, -0.05) is 18.9 Å². The van der Waals surface area contributed by atoms with E-state index in [2.05, 4.69) is 5.32 Å². The van der Waals surface area contributed by atoms with Crippen LogP contribution < -0.4 is 11.1 Å². The van der Waals surface area contributed by atoms with Gasteiger partial charge in [0.05, 0.1) is 0 Å². The van der Waals surface area contributed by atoms with Gasteiger partial charge in [-0.25, -0.2) is 0 Å². The molecule has 2 rings (SSSR count). The van der Waals surface area contributed by atoms with Crippen LogP contribution in [0.15, 0.2) is 18.2 Å². The van der Waals surface area contributed by atoms with Gasteiger partial charge in [-0.15, -0.1) is 12.4 Å². The van der Waals surface area contributed by atoms with E-state index in [1.54, 1.807) is 0 Å². The Morgan fingerprint density at radius 1 is 1.12 bits per heavy atom. The molecule has 2 amide bonds. The van der Waals surface area contributed by atoms with Gasteiger partial charge < -0.3 is 16.0 Å². The first-order valence-electron chi connectivity index (χ1n) is 9.02. The Morgan fingerprint density at radius 2 is 1.80 bits per heavy atom. The van der Waals surface area contributed by atoms with Crippen molar-refractivity contribution >= 4 is 29.9 Å². The van der Waals surface area contributed by atoms with Crippen LogP contribution in [0.5, 0.6) is 0 Å². The van der Waals surface area contributed by atoms with Crippen molar-refractivity contribution in [2.45, 2.75) is 51.9 Å².